The van der Waals surface area contributed by atoms with Gasteiger partial charge in [0.15, 0.2) is 0 Å². The SMILES string of the molecule is Cc1ccc(CN2CCN(C(C)(C)C)CC2)cc1. The molecule has 0 aromatic heterocycles. The van der Waals surface area contributed by atoms with Gasteiger partial charge >= 0.3 is 0 Å². The summed E-state index contributed by atoms with van der Waals surface area (Å²) in [4.78, 5) is 5.14. The fourth-order valence-corrected chi connectivity index (χ4v) is 2.53. The Morgan fingerprint density at radius 1 is 0.944 bits per heavy atom. The van der Waals surface area contributed by atoms with E-state index in [4.69, 9.17) is 0 Å². The topological polar surface area (TPSA) is 6.48 Å². The molecule has 0 unspecified atom stereocenters. The maximum Gasteiger partial charge on any atom is 0.0234 e. The van der Waals surface area contributed by atoms with Crippen LogP contribution >= 0.6 is 0 Å². The largest absolute Gasteiger partial charge is 0.297 e. The third-order valence-electron chi connectivity index (χ3n) is 3.85. The quantitative estimate of drug-likeness (QED) is 0.791. The Kier molecular flexibility index (Phi) is 4.08. The van der Waals surface area contributed by atoms with Crippen LogP contribution in [-0.2, 0) is 6.54 Å². The molecule has 2 rings (SSSR count). The standard InChI is InChI=1S/C16H26N2/c1-14-5-7-15(8-6-14)13-17-9-11-18(12-10-17)16(2,3)4/h5-8H,9-13H2,1-4H3. The van der Waals surface area contributed by atoms with Gasteiger partial charge in [0, 0.05) is 38.3 Å². The lowest BCUT2D eigenvalue weighted by Crippen LogP contribution is -2.53. The van der Waals surface area contributed by atoms with E-state index in [2.05, 4.69) is 61.8 Å². The molecule has 0 aliphatic carbocycles. The van der Waals surface area contributed by atoms with Crippen molar-refractivity contribution in [3.8, 4) is 0 Å². The summed E-state index contributed by atoms with van der Waals surface area (Å²) in [6.45, 7) is 14.9. The molecule has 0 bridgehead atoms. The number of benzene rings is 1. The molecule has 1 aliphatic heterocycles. The van der Waals surface area contributed by atoms with Crippen molar-refractivity contribution in [1.82, 2.24) is 9.80 Å². The number of hydrogen-bond donors (Lipinski definition) is 0. The molecule has 0 spiro atoms. The van der Waals surface area contributed by atoms with Crippen LogP contribution in [0.3, 0.4) is 0 Å². The second-order valence-electron chi connectivity index (χ2n) is 6.42. The Hall–Kier alpha value is -0.860. The van der Waals surface area contributed by atoms with Gasteiger partial charge in [0.25, 0.3) is 0 Å². The first-order valence-electron chi connectivity index (χ1n) is 6.98. The first-order valence-corrected chi connectivity index (χ1v) is 6.98. The Balaban J connectivity index is 1.85. The molecular formula is C16H26N2. The van der Waals surface area contributed by atoms with E-state index >= 15 is 0 Å². The van der Waals surface area contributed by atoms with Crippen LogP contribution in [0.1, 0.15) is 31.9 Å². The van der Waals surface area contributed by atoms with Gasteiger partial charge in [-0.2, -0.15) is 0 Å². The summed E-state index contributed by atoms with van der Waals surface area (Å²) in [5.74, 6) is 0. The van der Waals surface area contributed by atoms with E-state index < -0.39 is 0 Å². The molecule has 18 heavy (non-hydrogen) atoms. The van der Waals surface area contributed by atoms with Crippen molar-refractivity contribution < 1.29 is 0 Å². The van der Waals surface area contributed by atoms with Gasteiger partial charge in [-0.15, -0.1) is 0 Å². The second kappa shape index (κ2) is 5.41. The molecular weight excluding hydrogens is 220 g/mol. The minimum absolute atomic E-state index is 0.315. The third kappa shape index (κ3) is 3.56. The van der Waals surface area contributed by atoms with Gasteiger partial charge in [0.05, 0.1) is 0 Å². The maximum absolute atomic E-state index is 2.58. The highest BCUT2D eigenvalue weighted by Gasteiger charge is 2.25. The van der Waals surface area contributed by atoms with Crippen LogP contribution in [0.4, 0.5) is 0 Å². The molecule has 1 aromatic rings. The van der Waals surface area contributed by atoms with Crippen molar-refractivity contribution in [3.05, 3.63) is 35.4 Å². The third-order valence-corrected chi connectivity index (χ3v) is 3.85. The highest BCUT2D eigenvalue weighted by Crippen LogP contribution is 2.17. The van der Waals surface area contributed by atoms with Crippen LogP contribution < -0.4 is 0 Å². The normalized spacial score (nSPS) is 19.1. The average molecular weight is 246 g/mol. The molecule has 2 heteroatoms. The van der Waals surface area contributed by atoms with Crippen molar-refractivity contribution >= 4 is 0 Å². The summed E-state index contributed by atoms with van der Waals surface area (Å²) in [6, 6.07) is 8.93. The van der Waals surface area contributed by atoms with Crippen LogP contribution in [0.5, 0.6) is 0 Å². The molecule has 0 N–H and O–H groups in total. The fourth-order valence-electron chi connectivity index (χ4n) is 2.53. The van der Waals surface area contributed by atoms with E-state index in [1.165, 1.54) is 37.3 Å². The summed E-state index contributed by atoms with van der Waals surface area (Å²) in [6.07, 6.45) is 0. The number of aryl methyl sites for hydroxylation is 1. The zero-order valence-corrected chi connectivity index (χ0v) is 12.2. The number of nitrogens with zero attached hydrogens (tertiary/aromatic N) is 2. The van der Waals surface area contributed by atoms with Gasteiger partial charge < -0.3 is 0 Å². The van der Waals surface area contributed by atoms with Crippen LogP contribution in [0.15, 0.2) is 24.3 Å². The summed E-state index contributed by atoms with van der Waals surface area (Å²) < 4.78 is 0. The molecule has 2 nitrogen and oxygen atoms in total. The molecule has 1 aromatic carbocycles. The Bertz CT molecular complexity index is 367. The van der Waals surface area contributed by atoms with Gasteiger partial charge in [-0.3, -0.25) is 9.80 Å². The summed E-state index contributed by atoms with van der Waals surface area (Å²) in [5.41, 5.74) is 3.09. The van der Waals surface area contributed by atoms with Crippen LogP contribution in [0.2, 0.25) is 0 Å². The van der Waals surface area contributed by atoms with Crippen LogP contribution in [0, 0.1) is 6.92 Å². The molecule has 0 atom stereocenters. The number of hydrogen-bond acceptors (Lipinski definition) is 2. The summed E-state index contributed by atoms with van der Waals surface area (Å²) in [5, 5.41) is 0. The van der Waals surface area contributed by atoms with E-state index in [-0.39, 0.29) is 0 Å². The van der Waals surface area contributed by atoms with Crippen molar-refractivity contribution in [3.63, 3.8) is 0 Å². The van der Waals surface area contributed by atoms with E-state index in [1.807, 2.05) is 0 Å². The number of rotatable bonds is 2. The minimum atomic E-state index is 0.315. The van der Waals surface area contributed by atoms with Gasteiger partial charge in [-0.25, -0.2) is 0 Å². The smallest absolute Gasteiger partial charge is 0.0234 e. The second-order valence-corrected chi connectivity index (χ2v) is 6.42. The predicted octanol–water partition coefficient (Wildman–Crippen LogP) is 2.91. The van der Waals surface area contributed by atoms with Crippen molar-refractivity contribution in [1.29, 1.82) is 0 Å². The maximum atomic E-state index is 2.58. The van der Waals surface area contributed by atoms with Gasteiger partial charge in [0.1, 0.15) is 0 Å². The first-order chi connectivity index (χ1) is 8.45. The van der Waals surface area contributed by atoms with Crippen molar-refractivity contribution in [2.45, 2.75) is 39.8 Å². The highest BCUT2D eigenvalue weighted by atomic mass is 15.3. The molecule has 1 saturated heterocycles. The number of piperazine rings is 1. The van der Waals surface area contributed by atoms with Gasteiger partial charge in [0.2, 0.25) is 0 Å². The van der Waals surface area contributed by atoms with Crippen LogP contribution in [0.25, 0.3) is 0 Å². The predicted molar refractivity (Wildman–Crippen MR) is 77.8 cm³/mol. The lowest BCUT2D eigenvalue weighted by molar-refractivity contribution is 0.0591. The minimum Gasteiger partial charge on any atom is -0.297 e. The van der Waals surface area contributed by atoms with E-state index in [0.717, 1.165) is 6.54 Å². The Morgan fingerprint density at radius 3 is 2.00 bits per heavy atom. The summed E-state index contributed by atoms with van der Waals surface area (Å²) >= 11 is 0. The molecule has 0 saturated carbocycles. The molecule has 1 aliphatic rings. The van der Waals surface area contributed by atoms with Gasteiger partial charge in [-0.1, -0.05) is 29.8 Å². The molecule has 1 fully saturated rings. The first kappa shape index (κ1) is 13.6. The molecule has 0 amide bonds. The molecule has 1 heterocycles. The highest BCUT2D eigenvalue weighted by molar-refractivity contribution is 5.21. The van der Waals surface area contributed by atoms with E-state index in [9.17, 15) is 0 Å². The van der Waals surface area contributed by atoms with Crippen LogP contribution in [-0.4, -0.2) is 41.5 Å². The lowest BCUT2D eigenvalue weighted by atomic mass is 10.0. The summed E-state index contributed by atoms with van der Waals surface area (Å²) in [7, 11) is 0. The monoisotopic (exact) mass is 246 g/mol. The molecule has 0 radical (unpaired) electrons. The van der Waals surface area contributed by atoms with E-state index in [1.54, 1.807) is 0 Å². The zero-order chi connectivity index (χ0) is 13.2. The zero-order valence-electron chi connectivity index (χ0n) is 12.2. The average Bonchev–Trinajstić information content (AvgIpc) is 2.32. The van der Waals surface area contributed by atoms with E-state index in [0.29, 0.717) is 5.54 Å². The Labute approximate surface area is 112 Å². The molecule has 100 valence electrons. The van der Waals surface area contributed by atoms with Gasteiger partial charge in [-0.05, 0) is 33.3 Å². The van der Waals surface area contributed by atoms with Crippen molar-refractivity contribution in [2.24, 2.45) is 0 Å². The lowest BCUT2D eigenvalue weighted by Gasteiger charge is -2.42. The fraction of sp³-hybridized carbons (Fsp3) is 0.625. The van der Waals surface area contributed by atoms with Crippen molar-refractivity contribution in [2.75, 3.05) is 26.2 Å². The Morgan fingerprint density at radius 2 is 1.50 bits per heavy atom.